The second-order valence-corrected chi connectivity index (χ2v) is 4.96. The Kier molecular flexibility index (Phi) is 3.86. The Morgan fingerprint density at radius 2 is 2.15 bits per heavy atom. The van der Waals surface area contributed by atoms with Gasteiger partial charge in [0.05, 0.1) is 24.8 Å². The van der Waals surface area contributed by atoms with Crippen molar-refractivity contribution in [3.63, 3.8) is 0 Å². The molecule has 6 nitrogen and oxygen atoms in total. The summed E-state index contributed by atoms with van der Waals surface area (Å²) >= 11 is 0. The van der Waals surface area contributed by atoms with Crippen molar-refractivity contribution in [3.05, 3.63) is 34.8 Å². The van der Waals surface area contributed by atoms with Gasteiger partial charge >= 0.3 is 5.76 Å². The van der Waals surface area contributed by atoms with Crippen molar-refractivity contribution in [2.75, 3.05) is 32.8 Å². The van der Waals surface area contributed by atoms with E-state index in [0.29, 0.717) is 25.3 Å². The zero-order valence-corrected chi connectivity index (χ0v) is 11.2. The minimum atomic E-state index is -0.321. The first kappa shape index (κ1) is 13.4. The van der Waals surface area contributed by atoms with Crippen molar-refractivity contribution >= 4 is 11.1 Å². The summed E-state index contributed by atoms with van der Waals surface area (Å²) in [4.78, 5) is 14.0. The number of morpholine rings is 1. The highest BCUT2D eigenvalue weighted by Gasteiger charge is 2.20. The smallest absolute Gasteiger partial charge is 0.408 e. The Labute approximate surface area is 116 Å². The molecule has 0 aliphatic carbocycles. The quantitative estimate of drug-likeness (QED) is 0.870. The van der Waals surface area contributed by atoms with Gasteiger partial charge in [-0.15, -0.1) is 0 Å². The number of nitrogens with zero attached hydrogens (tertiary/aromatic N) is 2. The molecule has 1 aliphatic heterocycles. The Bertz CT molecular complexity index is 633. The van der Waals surface area contributed by atoms with Crippen LogP contribution in [0, 0.1) is 0 Å². The summed E-state index contributed by atoms with van der Waals surface area (Å²) < 4.78 is 12.3. The number of ether oxygens (including phenoxy) is 1. The van der Waals surface area contributed by atoms with Gasteiger partial charge in [-0.05, 0) is 12.1 Å². The fraction of sp³-hybridized carbons (Fsp3) is 0.500. The summed E-state index contributed by atoms with van der Waals surface area (Å²) in [6.45, 7) is 3.48. The van der Waals surface area contributed by atoms with Crippen LogP contribution in [0.3, 0.4) is 0 Å². The lowest BCUT2D eigenvalue weighted by molar-refractivity contribution is -0.0533. The van der Waals surface area contributed by atoms with Crippen molar-refractivity contribution in [2.45, 2.75) is 12.6 Å². The van der Waals surface area contributed by atoms with Crippen molar-refractivity contribution in [3.8, 4) is 0 Å². The molecule has 1 fully saturated rings. The Hall–Kier alpha value is -1.63. The van der Waals surface area contributed by atoms with Crippen molar-refractivity contribution in [1.82, 2.24) is 9.47 Å². The van der Waals surface area contributed by atoms with Gasteiger partial charge in [0.25, 0.3) is 0 Å². The van der Waals surface area contributed by atoms with Gasteiger partial charge in [-0.3, -0.25) is 9.47 Å². The molecule has 0 bridgehead atoms. The second kappa shape index (κ2) is 5.78. The number of aliphatic hydroxyl groups is 1. The van der Waals surface area contributed by atoms with Crippen LogP contribution < -0.4 is 5.76 Å². The Morgan fingerprint density at radius 3 is 3.00 bits per heavy atom. The van der Waals surface area contributed by atoms with Gasteiger partial charge in [0, 0.05) is 26.2 Å². The van der Waals surface area contributed by atoms with E-state index in [1.807, 2.05) is 18.2 Å². The highest BCUT2D eigenvalue weighted by molar-refractivity contribution is 5.72. The molecule has 1 N–H and O–H groups in total. The SMILES string of the molecule is O=c1oc2ccccc2n1CCN1CCOC(CO)C1. The van der Waals surface area contributed by atoms with Crippen LogP contribution in [0.5, 0.6) is 0 Å². The van der Waals surface area contributed by atoms with E-state index >= 15 is 0 Å². The molecule has 1 atom stereocenters. The Morgan fingerprint density at radius 1 is 1.30 bits per heavy atom. The maximum atomic E-state index is 11.8. The standard InChI is InChI=1S/C14H18N2O4/c17-10-11-9-15(7-8-19-11)5-6-16-12-3-1-2-4-13(12)20-14(16)18/h1-4,11,17H,5-10H2. The molecule has 6 heteroatoms. The molecule has 2 aromatic rings. The van der Waals surface area contributed by atoms with Crippen LogP contribution in [0.15, 0.2) is 33.5 Å². The number of hydrogen-bond donors (Lipinski definition) is 1. The first-order valence-corrected chi connectivity index (χ1v) is 6.81. The van der Waals surface area contributed by atoms with Crippen LogP contribution >= 0.6 is 0 Å². The minimum absolute atomic E-state index is 0.0328. The molecule has 108 valence electrons. The molecule has 1 unspecified atom stereocenters. The molecule has 0 radical (unpaired) electrons. The van der Waals surface area contributed by atoms with Gasteiger partial charge in [0.2, 0.25) is 0 Å². The minimum Gasteiger partial charge on any atom is -0.408 e. The van der Waals surface area contributed by atoms with Crippen molar-refractivity contribution < 1.29 is 14.3 Å². The van der Waals surface area contributed by atoms with E-state index in [2.05, 4.69) is 4.90 Å². The molecule has 1 aromatic heterocycles. The highest BCUT2D eigenvalue weighted by atomic mass is 16.5. The topological polar surface area (TPSA) is 67.8 Å². The molecular weight excluding hydrogens is 260 g/mol. The molecule has 0 saturated carbocycles. The third-order valence-corrected chi connectivity index (χ3v) is 3.64. The number of para-hydroxylation sites is 2. The summed E-state index contributed by atoms with van der Waals surface area (Å²) in [5, 5.41) is 9.12. The molecule has 0 amide bonds. The van der Waals surface area contributed by atoms with Crippen LogP contribution in [0.1, 0.15) is 0 Å². The summed E-state index contributed by atoms with van der Waals surface area (Å²) in [5.74, 6) is -0.321. The van der Waals surface area contributed by atoms with Crippen molar-refractivity contribution in [1.29, 1.82) is 0 Å². The third-order valence-electron chi connectivity index (χ3n) is 3.64. The van der Waals surface area contributed by atoms with E-state index < -0.39 is 0 Å². The molecule has 20 heavy (non-hydrogen) atoms. The van der Waals surface area contributed by atoms with Gasteiger partial charge in [0.15, 0.2) is 5.58 Å². The zero-order valence-electron chi connectivity index (χ0n) is 11.2. The van der Waals surface area contributed by atoms with E-state index in [-0.39, 0.29) is 18.5 Å². The summed E-state index contributed by atoms with van der Waals surface area (Å²) in [6, 6.07) is 7.42. The lowest BCUT2D eigenvalue weighted by atomic mass is 10.3. The van der Waals surface area contributed by atoms with Crippen molar-refractivity contribution in [2.24, 2.45) is 0 Å². The summed E-state index contributed by atoms with van der Waals surface area (Å²) in [7, 11) is 0. The maximum absolute atomic E-state index is 11.8. The lowest BCUT2D eigenvalue weighted by Crippen LogP contribution is -2.45. The predicted octanol–water partition coefficient (Wildman–Crippen LogP) is 0.288. The van der Waals surface area contributed by atoms with Crippen LogP contribution in [-0.4, -0.2) is 53.5 Å². The monoisotopic (exact) mass is 278 g/mol. The van der Waals surface area contributed by atoms with E-state index in [0.717, 1.165) is 18.6 Å². The van der Waals surface area contributed by atoms with E-state index in [4.69, 9.17) is 14.3 Å². The van der Waals surface area contributed by atoms with Crippen LogP contribution in [0.25, 0.3) is 11.1 Å². The van der Waals surface area contributed by atoms with Gasteiger partial charge in [-0.25, -0.2) is 4.79 Å². The van der Waals surface area contributed by atoms with Gasteiger partial charge in [-0.1, -0.05) is 12.1 Å². The van der Waals surface area contributed by atoms with E-state index in [9.17, 15) is 4.79 Å². The fourth-order valence-corrected chi connectivity index (χ4v) is 2.56. The highest BCUT2D eigenvalue weighted by Crippen LogP contribution is 2.12. The molecule has 0 spiro atoms. The summed E-state index contributed by atoms with van der Waals surface area (Å²) in [6.07, 6.45) is -0.124. The fourth-order valence-electron chi connectivity index (χ4n) is 2.56. The molecule has 1 saturated heterocycles. The van der Waals surface area contributed by atoms with E-state index in [1.165, 1.54) is 0 Å². The normalized spacial score (nSPS) is 20.6. The maximum Gasteiger partial charge on any atom is 0.419 e. The predicted molar refractivity (Wildman–Crippen MR) is 73.7 cm³/mol. The van der Waals surface area contributed by atoms with Crippen LogP contribution in [0.2, 0.25) is 0 Å². The molecule has 2 heterocycles. The first-order chi connectivity index (χ1) is 9.78. The number of oxazole rings is 1. The largest absolute Gasteiger partial charge is 0.419 e. The van der Waals surface area contributed by atoms with Crippen LogP contribution in [-0.2, 0) is 11.3 Å². The average Bonchev–Trinajstić information content (AvgIpc) is 2.81. The number of rotatable bonds is 4. The molecule has 3 rings (SSSR count). The van der Waals surface area contributed by atoms with Gasteiger partial charge in [0.1, 0.15) is 0 Å². The summed E-state index contributed by atoms with van der Waals surface area (Å²) in [5.41, 5.74) is 1.44. The number of aliphatic hydroxyl groups excluding tert-OH is 1. The number of benzene rings is 1. The second-order valence-electron chi connectivity index (χ2n) is 4.96. The zero-order chi connectivity index (χ0) is 13.9. The van der Waals surface area contributed by atoms with Gasteiger partial charge in [-0.2, -0.15) is 0 Å². The van der Waals surface area contributed by atoms with E-state index in [1.54, 1.807) is 10.6 Å². The lowest BCUT2D eigenvalue weighted by Gasteiger charge is -2.31. The number of fused-ring (bicyclic) bond motifs is 1. The number of hydrogen-bond acceptors (Lipinski definition) is 5. The number of aromatic nitrogens is 1. The average molecular weight is 278 g/mol. The molecule has 1 aromatic carbocycles. The third kappa shape index (κ3) is 2.63. The first-order valence-electron chi connectivity index (χ1n) is 6.81. The molecule has 1 aliphatic rings. The van der Waals surface area contributed by atoms with Gasteiger partial charge < -0.3 is 14.3 Å². The molecular formula is C14H18N2O4. The Balaban J connectivity index is 1.71. The van der Waals surface area contributed by atoms with Crippen LogP contribution in [0.4, 0.5) is 0 Å².